The highest BCUT2D eigenvalue weighted by molar-refractivity contribution is 5.78. The van der Waals surface area contributed by atoms with E-state index < -0.39 is 0 Å². The van der Waals surface area contributed by atoms with Gasteiger partial charge in [-0.1, -0.05) is 24.3 Å². The van der Waals surface area contributed by atoms with Crippen LogP contribution in [0.2, 0.25) is 0 Å². The van der Waals surface area contributed by atoms with Crippen molar-refractivity contribution in [2.45, 2.75) is 31.3 Å². The molecule has 0 amide bonds. The first-order chi connectivity index (χ1) is 10.4. The second-order valence-electron chi connectivity index (χ2n) is 6.45. The lowest BCUT2D eigenvalue weighted by Crippen LogP contribution is -2.31. The lowest BCUT2D eigenvalue weighted by atomic mass is 9.96. The number of fused-ring (bicyclic) bond motifs is 1. The molecule has 3 heteroatoms. The molecule has 0 spiro atoms. The fourth-order valence-electron chi connectivity index (χ4n) is 3.83. The summed E-state index contributed by atoms with van der Waals surface area (Å²) in [5, 5.41) is 4.61. The van der Waals surface area contributed by atoms with Gasteiger partial charge in [0.2, 0.25) is 0 Å². The fourth-order valence-corrected chi connectivity index (χ4v) is 3.83. The highest BCUT2D eigenvalue weighted by Gasteiger charge is 2.42. The number of rotatable bonds is 4. The van der Waals surface area contributed by atoms with Gasteiger partial charge >= 0.3 is 0 Å². The van der Waals surface area contributed by atoms with E-state index in [1.807, 2.05) is 0 Å². The summed E-state index contributed by atoms with van der Waals surface area (Å²) >= 11 is 0. The number of para-hydroxylation sites is 1. The summed E-state index contributed by atoms with van der Waals surface area (Å²) in [5.74, 6) is 0.685. The first kappa shape index (κ1) is 13.2. The molecule has 2 atom stereocenters. The van der Waals surface area contributed by atoms with Crippen LogP contribution in [-0.4, -0.2) is 36.1 Å². The Kier molecular flexibility index (Phi) is 3.40. The standard InChI is InChI=1S/C18H23N3/c1-19-12-14-10-11-21(15-7-8-15)18(14)17-9-6-13-4-2-3-5-16(13)20-17/h2-6,9,14-15,18-19H,7-8,10-12H2,1H3. The molecule has 3 nitrogen and oxygen atoms in total. The Bertz CT molecular complexity index is 635. The Labute approximate surface area is 126 Å². The van der Waals surface area contributed by atoms with Crippen molar-refractivity contribution >= 4 is 10.9 Å². The highest BCUT2D eigenvalue weighted by Crippen LogP contribution is 2.43. The van der Waals surface area contributed by atoms with Gasteiger partial charge in [-0.15, -0.1) is 0 Å². The highest BCUT2D eigenvalue weighted by atomic mass is 15.2. The lowest BCUT2D eigenvalue weighted by molar-refractivity contribution is 0.213. The molecule has 1 aliphatic heterocycles. The average Bonchev–Trinajstić information content (AvgIpc) is 3.28. The van der Waals surface area contributed by atoms with Crippen LogP contribution >= 0.6 is 0 Å². The zero-order chi connectivity index (χ0) is 14.2. The number of nitrogens with zero attached hydrogens (tertiary/aromatic N) is 2. The molecule has 2 unspecified atom stereocenters. The topological polar surface area (TPSA) is 28.2 Å². The molecule has 2 aliphatic rings. The van der Waals surface area contributed by atoms with Gasteiger partial charge in [-0.05, 0) is 57.5 Å². The van der Waals surface area contributed by atoms with Crippen LogP contribution in [-0.2, 0) is 0 Å². The first-order valence-corrected chi connectivity index (χ1v) is 8.13. The maximum absolute atomic E-state index is 4.98. The van der Waals surface area contributed by atoms with E-state index in [-0.39, 0.29) is 0 Å². The van der Waals surface area contributed by atoms with Gasteiger partial charge in [0.05, 0.1) is 17.3 Å². The van der Waals surface area contributed by atoms with E-state index in [0.29, 0.717) is 12.0 Å². The van der Waals surface area contributed by atoms with Crippen molar-refractivity contribution in [1.29, 1.82) is 0 Å². The molecule has 0 bridgehead atoms. The number of pyridine rings is 1. The SMILES string of the molecule is CNCC1CCN(C2CC2)C1c1ccc2ccccc2n1. The second-order valence-corrected chi connectivity index (χ2v) is 6.45. The summed E-state index contributed by atoms with van der Waals surface area (Å²) in [5.41, 5.74) is 2.39. The van der Waals surface area contributed by atoms with Gasteiger partial charge in [-0.25, -0.2) is 0 Å². The Morgan fingerprint density at radius 3 is 2.81 bits per heavy atom. The smallest absolute Gasteiger partial charge is 0.0706 e. The number of likely N-dealkylation sites (tertiary alicyclic amines) is 1. The van der Waals surface area contributed by atoms with Gasteiger partial charge in [0.25, 0.3) is 0 Å². The van der Waals surface area contributed by atoms with Crippen LogP contribution in [0.3, 0.4) is 0 Å². The van der Waals surface area contributed by atoms with Crippen LogP contribution in [0.5, 0.6) is 0 Å². The molecule has 1 aliphatic carbocycles. The molecule has 1 saturated heterocycles. The van der Waals surface area contributed by atoms with Gasteiger partial charge < -0.3 is 5.32 Å². The van der Waals surface area contributed by atoms with E-state index in [1.165, 1.54) is 36.9 Å². The normalized spacial score (nSPS) is 26.5. The predicted molar refractivity (Wildman–Crippen MR) is 86.2 cm³/mol. The molecular formula is C18H23N3. The van der Waals surface area contributed by atoms with Gasteiger partial charge in [0.15, 0.2) is 0 Å². The molecule has 1 N–H and O–H groups in total. The summed E-state index contributed by atoms with van der Waals surface area (Å²) in [6, 6.07) is 14.2. The molecule has 2 aromatic rings. The van der Waals surface area contributed by atoms with E-state index in [4.69, 9.17) is 4.98 Å². The lowest BCUT2D eigenvalue weighted by Gasteiger charge is -2.28. The molecule has 0 radical (unpaired) electrons. The number of benzene rings is 1. The van der Waals surface area contributed by atoms with Gasteiger partial charge in [0.1, 0.15) is 0 Å². The zero-order valence-corrected chi connectivity index (χ0v) is 12.6. The Balaban J connectivity index is 1.71. The summed E-state index contributed by atoms with van der Waals surface area (Å²) in [7, 11) is 2.06. The van der Waals surface area contributed by atoms with E-state index in [0.717, 1.165) is 18.1 Å². The Morgan fingerprint density at radius 1 is 1.14 bits per heavy atom. The maximum atomic E-state index is 4.98. The predicted octanol–water partition coefficient (Wildman–Crippen LogP) is 2.98. The Morgan fingerprint density at radius 2 is 2.00 bits per heavy atom. The number of hydrogen-bond donors (Lipinski definition) is 1. The number of aromatic nitrogens is 1. The van der Waals surface area contributed by atoms with Crippen molar-refractivity contribution in [3.05, 3.63) is 42.1 Å². The van der Waals surface area contributed by atoms with Crippen molar-refractivity contribution in [1.82, 2.24) is 15.2 Å². The average molecular weight is 281 g/mol. The van der Waals surface area contributed by atoms with E-state index >= 15 is 0 Å². The van der Waals surface area contributed by atoms with E-state index in [9.17, 15) is 0 Å². The van der Waals surface area contributed by atoms with E-state index in [2.05, 4.69) is 53.7 Å². The molecule has 1 saturated carbocycles. The Hall–Kier alpha value is -1.45. The molecule has 21 heavy (non-hydrogen) atoms. The van der Waals surface area contributed by atoms with Crippen molar-refractivity contribution < 1.29 is 0 Å². The molecular weight excluding hydrogens is 258 g/mol. The van der Waals surface area contributed by atoms with Crippen LogP contribution in [0, 0.1) is 5.92 Å². The number of hydrogen-bond acceptors (Lipinski definition) is 3. The third-order valence-electron chi connectivity index (χ3n) is 4.97. The van der Waals surface area contributed by atoms with Crippen molar-refractivity contribution in [2.75, 3.05) is 20.1 Å². The maximum Gasteiger partial charge on any atom is 0.0706 e. The van der Waals surface area contributed by atoms with Crippen molar-refractivity contribution in [3.8, 4) is 0 Å². The van der Waals surface area contributed by atoms with Crippen LogP contribution in [0.4, 0.5) is 0 Å². The van der Waals surface area contributed by atoms with Crippen LogP contribution in [0.25, 0.3) is 10.9 Å². The molecule has 4 rings (SSSR count). The van der Waals surface area contributed by atoms with Crippen LogP contribution < -0.4 is 5.32 Å². The third-order valence-corrected chi connectivity index (χ3v) is 4.97. The van der Waals surface area contributed by atoms with Gasteiger partial charge in [-0.2, -0.15) is 0 Å². The third kappa shape index (κ3) is 2.45. The molecule has 1 aromatic carbocycles. The minimum Gasteiger partial charge on any atom is -0.319 e. The molecule has 2 fully saturated rings. The van der Waals surface area contributed by atoms with Crippen molar-refractivity contribution in [3.63, 3.8) is 0 Å². The minimum atomic E-state index is 0.495. The monoisotopic (exact) mass is 281 g/mol. The van der Waals surface area contributed by atoms with Gasteiger partial charge in [-0.3, -0.25) is 9.88 Å². The summed E-state index contributed by atoms with van der Waals surface area (Å²) < 4.78 is 0. The summed E-state index contributed by atoms with van der Waals surface area (Å²) in [6.45, 7) is 2.32. The molecule has 2 heterocycles. The summed E-state index contributed by atoms with van der Waals surface area (Å²) in [4.78, 5) is 7.69. The quantitative estimate of drug-likeness (QED) is 0.934. The first-order valence-electron chi connectivity index (χ1n) is 8.13. The van der Waals surface area contributed by atoms with Crippen LogP contribution in [0.1, 0.15) is 31.0 Å². The zero-order valence-electron chi connectivity index (χ0n) is 12.6. The van der Waals surface area contributed by atoms with Crippen molar-refractivity contribution in [2.24, 2.45) is 5.92 Å². The number of nitrogens with one attached hydrogen (secondary N) is 1. The minimum absolute atomic E-state index is 0.495. The molecule has 1 aromatic heterocycles. The fraction of sp³-hybridized carbons (Fsp3) is 0.500. The second kappa shape index (κ2) is 5.39. The van der Waals surface area contributed by atoms with E-state index in [1.54, 1.807) is 0 Å². The molecule has 110 valence electrons. The summed E-state index contributed by atoms with van der Waals surface area (Å²) in [6.07, 6.45) is 4.03. The van der Waals surface area contributed by atoms with Crippen LogP contribution in [0.15, 0.2) is 36.4 Å². The largest absolute Gasteiger partial charge is 0.319 e. The van der Waals surface area contributed by atoms with Gasteiger partial charge in [0, 0.05) is 11.4 Å².